The van der Waals surface area contributed by atoms with E-state index in [0.717, 1.165) is 0 Å². The van der Waals surface area contributed by atoms with Gasteiger partial charge < -0.3 is 10.1 Å². The van der Waals surface area contributed by atoms with Gasteiger partial charge in [0.15, 0.2) is 11.4 Å². The minimum atomic E-state index is 0.653. The Hall–Kier alpha value is -1.53. The molecule has 3 heteroatoms. The van der Waals surface area contributed by atoms with E-state index in [-0.39, 0.29) is 0 Å². The summed E-state index contributed by atoms with van der Waals surface area (Å²) in [7, 11) is 3.46. The minimum absolute atomic E-state index is 0.653. The van der Waals surface area contributed by atoms with Gasteiger partial charge in [0.2, 0.25) is 0 Å². The van der Waals surface area contributed by atoms with E-state index >= 15 is 0 Å². The van der Waals surface area contributed by atoms with Crippen molar-refractivity contribution in [3.63, 3.8) is 0 Å². The van der Waals surface area contributed by atoms with Gasteiger partial charge in [0.1, 0.15) is 0 Å². The number of methoxy groups -OCH3 is 1. The van der Waals surface area contributed by atoms with E-state index in [2.05, 4.69) is 22.1 Å². The maximum Gasteiger partial charge on any atom is 0.155 e. The Morgan fingerprint density at radius 2 is 2.46 bits per heavy atom. The van der Waals surface area contributed by atoms with Gasteiger partial charge in [0.05, 0.1) is 13.7 Å². The summed E-state index contributed by atoms with van der Waals surface area (Å²) >= 11 is 0. The number of nitrogens with zero attached hydrogens (tertiary/aromatic N) is 1. The minimum Gasteiger partial charge on any atom is -0.494 e. The van der Waals surface area contributed by atoms with Crippen LogP contribution in [0.5, 0.6) is 5.75 Å². The van der Waals surface area contributed by atoms with Crippen LogP contribution in [0.25, 0.3) is 0 Å². The van der Waals surface area contributed by atoms with Gasteiger partial charge in [-0.2, -0.15) is 0 Å². The van der Waals surface area contributed by atoms with Crippen molar-refractivity contribution in [1.29, 1.82) is 0 Å². The fraction of sp³-hybridized carbons (Fsp3) is 0.300. The molecule has 68 valence electrons. The van der Waals surface area contributed by atoms with Gasteiger partial charge in [-0.1, -0.05) is 5.92 Å². The van der Waals surface area contributed by atoms with Gasteiger partial charge in [-0.3, -0.25) is 0 Å². The first-order valence-electron chi connectivity index (χ1n) is 4.01. The summed E-state index contributed by atoms with van der Waals surface area (Å²) in [5, 5.41) is 2.93. The van der Waals surface area contributed by atoms with Crippen LogP contribution < -0.4 is 10.1 Å². The van der Waals surface area contributed by atoms with Crippen LogP contribution in [0.15, 0.2) is 18.3 Å². The fourth-order valence-electron chi connectivity index (χ4n) is 0.865. The highest BCUT2D eigenvalue weighted by atomic mass is 16.5. The normalized spacial score (nSPS) is 8.77. The molecule has 0 amide bonds. The Balaban J connectivity index is 2.82. The first-order chi connectivity index (χ1) is 6.38. The highest BCUT2D eigenvalue weighted by Gasteiger charge is 1.97. The largest absolute Gasteiger partial charge is 0.494 e. The molecule has 13 heavy (non-hydrogen) atoms. The highest BCUT2D eigenvalue weighted by Crippen LogP contribution is 2.12. The monoisotopic (exact) mass is 176 g/mol. The summed E-state index contributed by atoms with van der Waals surface area (Å²) in [6.07, 6.45) is 1.70. The SMILES string of the molecule is CNCC#Cc1ncccc1OC. The number of ether oxygens (including phenoxy) is 1. The van der Waals surface area contributed by atoms with E-state index in [1.165, 1.54) is 0 Å². The molecule has 0 bridgehead atoms. The molecule has 1 heterocycles. The summed E-state index contributed by atoms with van der Waals surface area (Å²) in [6, 6.07) is 3.67. The Morgan fingerprint density at radius 3 is 3.15 bits per heavy atom. The molecule has 0 saturated heterocycles. The second kappa shape index (κ2) is 5.18. The summed E-state index contributed by atoms with van der Waals surface area (Å²) in [5.41, 5.74) is 0.681. The van der Waals surface area contributed by atoms with E-state index in [1.807, 2.05) is 19.2 Å². The fourth-order valence-corrected chi connectivity index (χ4v) is 0.865. The lowest BCUT2D eigenvalue weighted by molar-refractivity contribution is 0.411. The molecule has 0 spiro atoms. The van der Waals surface area contributed by atoms with E-state index in [1.54, 1.807) is 13.3 Å². The second-order valence-electron chi connectivity index (χ2n) is 2.39. The maximum atomic E-state index is 5.09. The number of rotatable bonds is 2. The van der Waals surface area contributed by atoms with Crippen LogP contribution in [0.1, 0.15) is 5.69 Å². The first kappa shape index (κ1) is 9.56. The summed E-state index contributed by atoms with van der Waals surface area (Å²) in [6.45, 7) is 0.653. The van der Waals surface area contributed by atoms with Crippen molar-refractivity contribution in [3.8, 4) is 17.6 Å². The molecule has 3 nitrogen and oxygen atoms in total. The predicted octanol–water partition coefficient (Wildman–Crippen LogP) is 0.661. The molecule has 0 atom stereocenters. The van der Waals surface area contributed by atoms with Crippen LogP contribution in [0.4, 0.5) is 0 Å². The number of hydrogen-bond acceptors (Lipinski definition) is 3. The Bertz CT molecular complexity index is 325. The van der Waals surface area contributed by atoms with Gasteiger partial charge in [-0.05, 0) is 25.1 Å². The van der Waals surface area contributed by atoms with Gasteiger partial charge >= 0.3 is 0 Å². The Kier molecular flexibility index (Phi) is 3.80. The third-order valence-electron chi connectivity index (χ3n) is 1.46. The lowest BCUT2D eigenvalue weighted by Crippen LogP contribution is -2.04. The zero-order chi connectivity index (χ0) is 9.52. The average Bonchev–Trinajstić information content (AvgIpc) is 2.19. The van der Waals surface area contributed by atoms with Gasteiger partial charge in [0, 0.05) is 6.20 Å². The molecule has 0 aliphatic heterocycles. The van der Waals surface area contributed by atoms with E-state index < -0.39 is 0 Å². The molecule has 0 radical (unpaired) electrons. The number of hydrogen-bond donors (Lipinski definition) is 1. The lowest BCUT2D eigenvalue weighted by atomic mass is 10.3. The van der Waals surface area contributed by atoms with Gasteiger partial charge in [-0.15, -0.1) is 0 Å². The van der Waals surface area contributed by atoms with E-state index in [4.69, 9.17) is 4.74 Å². The van der Waals surface area contributed by atoms with Crippen LogP contribution in [0.3, 0.4) is 0 Å². The molecule has 0 aliphatic rings. The lowest BCUT2D eigenvalue weighted by Gasteiger charge is -1.99. The zero-order valence-corrected chi connectivity index (χ0v) is 7.79. The van der Waals surface area contributed by atoms with Crippen molar-refractivity contribution in [2.24, 2.45) is 0 Å². The Morgan fingerprint density at radius 1 is 1.62 bits per heavy atom. The quantitative estimate of drug-likeness (QED) is 0.672. The number of pyridine rings is 1. The van der Waals surface area contributed by atoms with Crippen molar-refractivity contribution < 1.29 is 4.74 Å². The molecule has 0 fully saturated rings. The molecule has 1 rings (SSSR count). The second-order valence-corrected chi connectivity index (χ2v) is 2.39. The molecule has 1 aromatic heterocycles. The van der Waals surface area contributed by atoms with Gasteiger partial charge in [0.25, 0.3) is 0 Å². The van der Waals surface area contributed by atoms with Crippen LogP contribution >= 0.6 is 0 Å². The van der Waals surface area contributed by atoms with Crippen molar-refractivity contribution in [1.82, 2.24) is 10.3 Å². The zero-order valence-electron chi connectivity index (χ0n) is 7.79. The highest BCUT2D eigenvalue weighted by molar-refractivity contribution is 5.40. The molecular weight excluding hydrogens is 164 g/mol. The van der Waals surface area contributed by atoms with Crippen LogP contribution in [-0.4, -0.2) is 25.7 Å². The summed E-state index contributed by atoms with van der Waals surface area (Å²) in [4.78, 5) is 4.09. The predicted molar refractivity (Wildman–Crippen MR) is 51.6 cm³/mol. The summed E-state index contributed by atoms with van der Waals surface area (Å²) < 4.78 is 5.09. The van der Waals surface area contributed by atoms with Crippen molar-refractivity contribution in [2.75, 3.05) is 20.7 Å². The van der Waals surface area contributed by atoms with Gasteiger partial charge in [-0.25, -0.2) is 4.98 Å². The Labute approximate surface area is 78.1 Å². The molecule has 0 saturated carbocycles. The van der Waals surface area contributed by atoms with Crippen LogP contribution in [-0.2, 0) is 0 Å². The summed E-state index contributed by atoms with van der Waals surface area (Å²) in [5.74, 6) is 6.55. The molecule has 0 aliphatic carbocycles. The first-order valence-corrected chi connectivity index (χ1v) is 4.01. The topological polar surface area (TPSA) is 34.2 Å². The molecule has 1 N–H and O–H groups in total. The molecule has 1 aromatic rings. The van der Waals surface area contributed by atoms with Crippen molar-refractivity contribution in [2.45, 2.75) is 0 Å². The van der Waals surface area contributed by atoms with Crippen molar-refractivity contribution >= 4 is 0 Å². The number of aromatic nitrogens is 1. The third kappa shape index (κ3) is 2.77. The maximum absolute atomic E-state index is 5.09. The third-order valence-corrected chi connectivity index (χ3v) is 1.46. The molecule has 0 unspecified atom stereocenters. The smallest absolute Gasteiger partial charge is 0.155 e. The average molecular weight is 176 g/mol. The standard InChI is InChI=1S/C10H12N2O/c1-11-7-3-5-9-10(13-2)6-4-8-12-9/h4,6,8,11H,7H2,1-2H3. The van der Waals surface area contributed by atoms with Crippen LogP contribution in [0, 0.1) is 11.8 Å². The van der Waals surface area contributed by atoms with Crippen LogP contribution in [0.2, 0.25) is 0 Å². The molecule has 0 aromatic carbocycles. The number of nitrogens with one attached hydrogen (secondary N) is 1. The van der Waals surface area contributed by atoms with Crippen molar-refractivity contribution in [3.05, 3.63) is 24.0 Å². The van der Waals surface area contributed by atoms with E-state index in [9.17, 15) is 0 Å². The van der Waals surface area contributed by atoms with E-state index in [0.29, 0.717) is 18.0 Å². The molecular formula is C10H12N2O.